The molecule has 1 aromatic heterocycles. The minimum absolute atomic E-state index is 0.0459. The number of ketones is 1. The molecule has 3 aromatic rings. The molecule has 144 valence electrons. The van der Waals surface area contributed by atoms with Crippen LogP contribution in [-0.4, -0.2) is 47.1 Å². The van der Waals surface area contributed by atoms with Crippen LogP contribution in [0.25, 0.3) is 16.9 Å². The number of hydrogen-bond acceptors (Lipinski definition) is 4. The van der Waals surface area contributed by atoms with Gasteiger partial charge in [-0.1, -0.05) is 30.3 Å². The molecule has 0 saturated heterocycles. The van der Waals surface area contributed by atoms with Crippen molar-refractivity contribution >= 4 is 11.7 Å². The van der Waals surface area contributed by atoms with Crippen molar-refractivity contribution in [1.82, 2.24) is 14.7 Å². The zero-order valence-corrected chi connectivity index (χ0v) is 16.3. The molecule has 0 radical (unpaired) electrons. The second-order valence-corrected chi connectivity index (χ2v) is 6.55. The van der Waals surface area contributed by atoms with Gasteiger partial charge >= 0.3 is 0 Å². The summed E-state index contributed by atoms with van der Waals surface area (Å²) in [6.45, 7) is 1.88. The molecule has 3 rings (SSSR count). The molecule has 0 spiro atoms. The van der Waals surface area contributed by atoms with Crippen molar-refractivity contribution in [1.29, 1.82) is 0 Å². The van der Waals surface area contributed by atoms with Crippen LogP contribution in [0.1, 0.15) is 23.7 Å². The number of benzene rings is 2. The molecule has 6 heteroatoms. The highest BCUT2D eigenvalue weighted by molar-refractivity contribution is 6.00. The fourth-order valence-electron chi connectivity index (χ4n) is 2.91. The second kappa shape index (κ2) is 8.52. The monoisotopic (exact) mass is 377 g/mol. The van der Waals surface area contributed by atoms with E-state index in [2.05, 4.69) is 5.10 Å². The van der Waals surface area contributed by atoms with Crippen molar-refractivity contribution in [3.8, 4) is 22.7 Å². The third kappa shape index (κ3) is 4.11. The fraction of sp³-hybridized carbons (Fsp3) is 0.227. The molecule has 0 fully saturated rings. The summed E-state index contributed by atoms with van der Waals surface area (Å²) in [5.41, 5.74) is 2.59. The lowest BCUT2D eigenvalue weighted by Crippen LogP contribution is -2.28. The van der Waals surface area contributed by atoms with Gasteiger partial charge in [0.25, 0.3) is 5.91 Å². The maximum Gasteiger partial charge on any atom is 0.257 e. The van der Waals surface area contributed by atoms with E-state index in [1.54, 1.807) is 29.9 Å². The average Bonchev–Trinajstić information content (AvgIpc) is 3.17. The molecule has 1 amide bonds. The Labute approximate surface area is 164 Å². The molecule has 0 aliphatic carbocycles. The lowest BCUT2D eigenvalue weighted by atomic mass is 10.1. The van der Waals surface area contributed by atoms with Crippen molar-refractivity contribution in [2.75, 3.05) is 20.7 Å². The number of nitrogens with zero attached hydrogens (tertiary/aromatic N) is 3. The van der Waals surface area contributed by atoms with Crippen LogP contribution in [-0.2, 0) is 4.79 Å². The van der Waals surface area contributed by atoms with Crippen LogP contribution in [0.3, 0.4) is 0 Å². The van der Waals surface area contributed by atoms with Crippen molar-refractivity contribution in [2.24, 2.45) is 0 Å². The molecular weight excluding hydrogens is 354 g/mol. The maximum atomic E-state index is 13.1. The summed E-state index contributed by atoms with van der Waals surface area (Å²) >= 11 is 0. The standard InChI is InChI=1S/C22H23N3O3/c1-16(26)13-14-24(2)22(27)19-15-25(17-9-5-4-6-10-17)23-21(19)18-11-7-8-12-20(18)28-3/h4-12,15H,13-14H2,1-3H3. The molecule has 0 atom stereocenters. The Bertz CT molecular complexity index is 980. The number of hydrogen-bond donors (Lipinski definition) is 0. The molecule has 1 heterocycles. The number of methoxy groups -OCH3 is 1. The van der Waals surface area contributed by atoms with E-state index in [0.29, 0.717) is 30.0 Å². The summed E-state index contributed by atoms with van der Waals surface area (Å²) in [6, 6.07) is 17.1. The van der Waals surface area contributed by atoms with Gasteiger partial charge in [0, 0.05) is 31.8 Å². The van der Waals surface area contributed by atoms with E-state index in [1.165, 1.54) is 6.92 Å². The highest BCUT2D eigenvalue weighted by Crippen LogP contribution is 2.32. The first kappa shape index (κ1) is 19.4. The average molecular weight is 377 g/mol. The Hall–Kier alpha value is -3.41. The molecule has 0 bridgehead atoms. The highest BCUT2D eigenvalue weighted by Gasteiger charge is 2.23. The summed E-state index contributed by atoms with van der Waals surface area (Å²) in [5, 5.41) is 4.68. The summed E-state index contributed by atoms with van der Waals surface area (Å²) in [5.74, 6) is 0.496. The summed E-state index contributed by atoms with van der Waals surface area (Å²) in [7, 11) is 3.28. The van der Waals surface area contributed by atoms with E-state index >= 15 is 0 Å². The first-order valence-corrected chi connectivity index (χ1v) is 9.04. The molecule has 0 aliphatic rings. The molecule has 6 nitrogen and oxygen atoms in total. The van der Waals surface area contributed by atoms with E-state index in [9.17, 15) is 9.59 Å². The van der Waals surface area contributed by atoms with Crippen LogP contribution in [0.4, 0.5) is 0 Å². The number of ether oxygens (including phenoxy) is 1. The second-order valence-electron chi connectivity index (χ2n) is 6.55. The number of carbonyl (C=O) groups excluding carboxylic acids is 2. The molecule has 0 unspecified atom stereocenters. The van der Waals surface area contributed by atoms with Crippen LogP contribution in [0.15, 0.2) is 60.8 Å². The fourth-order valence-corrected chi connectivity index (χ4v) is 2.91. The molecule has 28 heavy (non-hydrogen) atoms. The number of aromatic nitrogens is 2. The molecule has 2 aromatic carbocycles. The van der Waals surface area contributed by atoms with Crippen LogP contribution in [0.2, 0.25) is 0 Å². The zero-order valence-electron chi connectivity index (χ0n) is 16.3. The van der Waals surface area contributed by atoms with Crippen molar-refractivity contribution in [3.63, 3.8) is 0 Å². The van der Waals surface area contributed by atoms with E-state index in [0.717, 1.165) is 11.3 Å². The number of para-hydroxylation sites is 2. The smallest absolute Gasteiger partial charge is 0.257 e. The topological polar surface area (TPSA) is 64.4 Å². The lowest BCUT2D eigenvalue weighted by molar-refractivity contribution is -0.117. The Morgan fingerprint density at radius 1 is 1.07 bits per heavy atom. The van der Waals surface area contributed by atoms with Crippen molar-refractivity contribution < 1.29 is 14.3 Å². The lowest BCUT2D eigenvalue weighted by Gasteiger charge is -2.16. The Morgan fingerprint density at radius 2 is 1.75 bits per heavy atom. The van der Waals surface area contributed by atoms with Crippen LogP contribution in [0, 0.1) is 0 Å². The van der Waals surface area contributed by atoms with Gasteiger partial charge in [-0.2, -0.15) is 5.10 Å². The van der Waals surface area contributed by atoms with E-state index < -0.39 is 0 Å². The van der Waals surface area contributed by atoms with Crippen molar-refractivity contribution in [3.05, 3.63) is 66.4 Å². The zero-order chi connectivity index (χ0) is 20.1. The minimum Gasteiger partial charge on any atom is -0.496 e. The number of amides is 1. The normalized spacial score (nSPS) is 10.5. The summed E-state index contributed by atoms with van der Waals surface area (Å²) < 4.78 is 7.16. The summed E-state index contributed by atoms with van der Waals surface area (Å²) in [4.78, 5) is 26.0. The quantitative estimate of drug-likeness (QED) is 0.631. The first-order valence-electron chi connectivity index (χ1n) is 9.04. The van der Waals surface area contributed by atoms with Gasteiger partial charge in [-0.3, -0.25) is 9.59 Å². The van der Waals surface area contributed by atoms with Gasteiger partial charge < -0.3 is 9.64 Å². The largest absolute Gasteiger partial charge is 0.496 e. The van der Waals surface area contributed by atoms with E-state index in [1.807, 2.05) is 54.6 Å². The SMILES string of the molecule is COc1ccccc1-c1nn(-c2ccccc2)cc1C(=O)N(C)CCC(C)=O. The number of carbonyl (C=O) groups is 2. The third-order valence-electron chi connectivity index (χ3n) is 4.47. The Kier molecular flexibility index (Phi) is 5.89. The number of Topliss-reactive ketones (excluding diaryl/α,β-unsaturated/α-hetero) is 1. The van der Waals surface area contributed by atoms with Crippen LogP contribution < -0.4 is 4.74 Å². The molecule has 0 N–H and O–H groups in total. The van der Waals surface area contributed by atoms with Crippen LogP contribution in [0.5, 0.6) is 5.75 Å². The predicted octanol–water partition coefficient (Wildman–Crippen LogP) is 3.60. The Morgan fingerprint density at radius 3 is 2.43 bits per heavy atom. The van der Waals surface area contributed by atoms with Gasteiger partial charge in [0.15, 0.2) is 0 Å². The predicted molar refractivity (Wildman–Crippen MR) is 108 cm³/mol. The summed E-state index contributed by atoms with van der Waals surface area (Å²) in [6.07, 6.45) is 2.04. The third-order valence-corrected chi connectivity index (χ3v) is 4.47. The maximum absolute atomic E-state index is 13.1. The minimum atomic E-state index is -0.190. The molecule has 0 saturated carbocycles. The van der Waals surface area contributed by atoms with E-state index in [-0.39, 0.29) is 11.7 Å². The van der Waals surface area contributed by atoms with Crippen molar-refractivity contribution in [2.45, 2.75) is 13.3 Å². The van der Waals surface area contributed by atoms with E-state index in [4.69, 9.17) is 4.74 Å². The molecule has 0 aliphatic heterocycles. The first-order chi connectivity index (χ1) is 13.5. The number of rotatable bonds is 7. The van der Waals surface area contributed by atoms with Gasteiger partial charge in [0.2, 0.25) is 0 Å². The Balaban J connectivity index is 2.08. The van der Waals surface area contributed by atoms with Crippen LogP contribution >= 0.6 is 0 Å². The van der Waals surface area contributed by atoms with Gasteiger partial charge in [0.05, 0.1) is 18.4 Å². The highest BCUT2D eigenvalue weighted by atomic mass is 16.5. The van der Waals surface area contributed by atoms with Gasteiger partial charge in [-0.05, 0) is 31.2 Å². The van der Waals surface area contributed by atoms with Gasteiger partial charge in [-0.15, -0.1) is 0 Å². The van der Waals surface area contributed by atoms with Gasteiger partial charge in [0.1, 0.15) is 17.2 Å². The van der Waals surface area contributed by atoms with Gasteiger partial charge in [-0.25, -0.2) is 4.68 Å². The molecular formula is C22H23N3O3.